The zero-order chi connectivity index (χ0) is 21.6. The molecule has 1 N–H and O–H groups in total. The van der Waals surface area contributed by atoms with Gasteiger partial charge in [-0.2, -0.15) is 0 Å². The summed E-state index contributed by atoms with van der Waals surface area (Å²) < 4.78 is 37.9. The van der Waals surface area contributed by atoms with Crippen LogP contribution in [0.3, 0.4) is 0 Å². The maximum atomic E-state index is 12.6. The Hall–Kier alpha value is -2.81. The lowest BCUT2D eigenvalue weighted by Gasteiger charge is -2.18. The summed E-state index contributed by atoms with van der Waals surface area (Å²) in [4.78, 5) is 14.1. The lowest BCUT2D eigenvalue weighted by atomic mass is 10.2. The molecule has 0 aliphatic heterocycles. The van der Waals surface area contributed by atoms with Crippen LogP contribution in [0.4, 0.5) is 0 Å². The van der Waals surface area contributed by atoms with Gasteiger partial charge in [0, 0.05) is 12.6 Å². The summed E-state index contributed by atoms with van der Waals surface area (Å²) in [6, 6.07) is 16.2. The molecule has 0 unspecified atom stereocenters. The number of nitrogens with one attached hydrogen (secondary N) is 1. The third-order valence-electron chi connectivity index (χ3n) is 4.30. The molecular formula is C21H21ClN2O5S. The van der Waals surface area contributed by atoms with Gasteiger partial charge < -0.3 is 14.1 Å². The number of furan rings is 1. The second-order valence-electron chi connectivity index (χ2n) is 6.43. The third-order valence-corrected chi connectivity index (χ3v) is 6.03. The molecule has 1 amide bonds. The van der Waals surface area contributed by atoms with Gasteiger partial charge in [0.25, 0.3) is 5.91 Å². The first kappa shape index (κ1) is 21.9. The molecule has 2 aromatic carbocycles. The molecule has 9 heteroatoms. The number of carbonyl (C=O) groups is 1. The molecule has 7 nitrogen and oxygen atoms in total. The molecule has 0 radical (unpaired) electrons. The Morgan fingerprint density at radius 3 is 2.50 bits per heavy atom. The van der Waals surface area contributed by atoms with E-state index in [-0.39, 0.29) is 24.0 Å². The highest BCUT2D eigenvalue weighted by molar-refractivity contribution is 7.89. The largest absolute Gasteiger partial charge is 0.490 e. The predicted molar refractivity (Wildman–Crippen MR) is 113 cm³/mol. The molecule has 0 spiro atoms. The van der Waals surface area contributed by atoms with Crippen LogP contribution in [0, 0.1) is 0 Å². The number of hydrogen-bond donors (Lipinski definition) is 1. The van der Waals surface area contributed by atoms with Crippen LogP contribution in [0.1, 0.15) is 16.1 Å². The predicted octanol–water partition coefficient (Wildman–Crippen LogP) is 3.56. The van der Waals surface area contributed by atoms with Crippen LogP contribution in [0.2, 0.25) is 5.02 Å². The van der Waals surface area contributed by atoms with Gasteiger partial charge in [-0.05, 0) is 48.5 Å². The van der Waals surface area contributed by atoms with Gasteiger partial charge in [-0.15, -0.1) is 0 Å². The smallest absolute Gasteiger partial charge is 0.253 e. The van der Waals surface area contributed by atoms with E-state index >= 15 is 0 Å². The van der Waals surface area contributed by atoms with Crippen molar-refractivity contribution in [3.05, 3.63) is 83.3 Å². The van der Waals surface area contributed by atoms with Crippen molar-refractivity contribution in [2.75, 3.05) is 20.2 Å². The summed E-state index contributed by atoms with van der Waals surface area (Å²) in [6.07, 6.45) is 1.47. The summed E-state index contributed by atoms with van der Waals surface area (Å²) in [6.45, 7) is 0.661. The first-order valence-electron chi connectivity index (χ1n) is 9.12. The normalized spacial score (nSPS) is 11.3. The Kier molecular flexibility index (Phi) is 7.15. The van der Waals surface area contributed by atoms with E-state index in [1.807, 2.05) is 6.07 Å². The second kappa shape index (κ2) is 9.80. The molecule has 0 atom stereocenters. The van der Waals surface area contributed by atoms with Crippen molar-refractivity contribution in [2.45, 2.75) is 11.4 Å². The fraction of sp³-hybridized carbons (Fsp3) is 0.190. The maximum Gasteiger partial charge on any atom is 0.253 e. The van der Waals surface area contributed by atoms with Crippen molar-refractivity contribution >= 4 is 27.5 Å². The minimum atomic E-state index is -3.72. The lowest BCUT2D eigenvalue weighted by Crippen LogP contribution is -2.31. The van der Waals surface area contributed by atoms with Crippen LogP contribution >= 0.6 is 11.6 Å². The molecule has 0 aliphatic rings. The monoisotopic (exact) mass is 448 g/mol. The molecule has 0 aliphatic carbocycles. The quantitative estimate of drug-likeness (QED) is 0.540. The van der Waals surface area contributed by atoms with Gasteiger partial charge in [-0.3, -0.25) is 4.79 Å². The van der Waals surface area contributed by atoms with Gasteiger partial charge in [0.2, 0.25) is 10.0 Å². The summed E-state index contributed by atoms with van der Waals surface area (Å²) in [5.41, 5.74) is 0.375. The second-order valence-corrected chi connectivity index (χ2v) is 8.61. The Balaban J connectivity index is 1.55. The zero-order valence-corrected chi connectivity index (χ0v) is 17.8. The van der Waals surface area contributed by atoms with E-state index < -0.39 is 10.0 Å². The van der Waals surface area contributed by atoms with Gasteiger partial charge >= 0.3 is 0 Å². The van der Waals surface area contributed by atoms with Gasteiger partial charge in [0.15, 0.2) is 0 Å². The summed E-state index contributed by atoms with van der Waals surface area (Å²) >= 11 is 6.04. The van der Waals surface area contributed by atoms with Gasteiger partial charge in [0.05, 0.1) is 29.3 Å². The number of rotatable bonds is 9. The maximum absolute atomic E-state index is 12.6. The number of carbonyl (C=O) groups excluding carboxylic acids is 1. The molecule has 30 heavy (non-hydrogen) atoms. The average Bonchev–Trinajstić information content (AvgIpc) is 3.27. The Bertz CT molecular complexity index is 1080. The average molecular weight is 449 g/mol. The lowest BCUT2D eigenvalue weighted by molar-refractivity contribution is 0.0773. The number of hydrogen-bond acceptors (Lipinski definition) is 5. The number of ether oxygens (including phenoxy) is 1. The standard InChI is InChI=1S/C21H21ClN2O5S/c1-24(12-14-29-20-7-3-2-6-19(20)22)21(25)16-8-10-18(11-9-16)30(26,27)23-15-17-5-4-13-28-17/h2-11,13,23H,12,14-15H2,1H3. The number of nitrogens with zero attached hydrogens (tertiary/aromatic N) is 1. The molecule has 0 saturated carbocycles. The highest BCUT2D eigenvalue weighted by Crippen LogP contribution is 2.23. The van der Waals surface area contributed by atoms with Crippen LogP contribution in [0.25, 0.3) is 0 Å². The summed E-state index contributed by atoms with van der Waals surface area (Å²) in [7, 11) is -2.07. The molecular weight excluding hydrogens is 428 g/mol. The van der Waals surface area contributed by atoms with Crippen LogP contribution in [-0.2, 0) is 16.6 Å². The Morgan fingerprint density at radius 2 is 1.83 bits per heavy atom. The number of para-hydroxylation sites is 1. The van der Waals surface area contributed by atoms with Gasteiger partial charge in [0.1, 0.15) is 18.1 Å². The molecule has 3 rings (SSSR count). The SMILES string of the molecule is CN(CCOc1ccccc1Cl)C(=O)c1ccc(S(=O)(=O)NCc2ccco2)cc1. The van der Waals surface area contributed by atoms with Crippen molar-refractivity contribution in [2.24, 2.45) is 0 Å². The minimum absolute atomic E-state index is 0.0458. The molecule has 0 bridgehead atoms. The van der Waals surface area contributed by atoms with Crippen LogP contribution < -0.4 is 9.46 Å². The number of sulfonamides is 1. The highest BCUT2D eigenvalue weighted by atomic mass is 35.5. The molecule has 3 aromatic rings. The van der Waals surface area contributed by atoms with Crippen molar-refractivity contribution in [1.29, 1.82) is 0 Å². The highest BCUT2D eigenvalue weighted by Gasteiger charge is 2.17. The molecule has 1 aromatic heterocycles. The van der Waals surface area contributed by atoms with E-state index in [0.29, 0.717) is 28.6 Å². The summed E-state index contributed by atoms with van der Waals surface area (Å²) in [5.74, 6) is 0.813. The molecule has 1 heterocycles. The topological polar surface area (TPSA) is 88.8 Å². The first-order chi connectivity index (χ1) is 14.4. The van der Waals surface area contributed by atoms with Crippen LogP contribution in [-0.4, -0.2) is 39.4 Å². The Labute approximate surface area is 180 Å². The van der Waals surface area contributed by atoms with E-state index in [4.69, 9.17) is 20.8 Å². The number of benzene rings is 2. The van der Waals surface area contributed by atoms with E-state index in [9.17, 15) is 13.2 Å². The van der Waals surface area contributed by atoms with Crippen molar-refractivity contribution in [3.8, 4) is 5.75 Å². The molecule has 158 valence electrons. The number of likely N-dealkylation sites (N-methyl/N-ethyl adjacent to an activating group) is 1. The number of amides is 1. The van der Waals surface area contributed by atoms with Crippen molar-refractivity contribution < 1.29 is 22.4 Å². The Morgan fingerprint density at radius 1 is 1.10 bits per heavy atom. The van der Waals surface area contributed by atoms with E-state index in [2.05, 4.69) is 4.72 Å². The molecule has 0 fully saturated rings. The van der Waals surface area contributed by atoms with Gasteiger partial charge in [-0.1, -0.05) is 23.7 Å². The van der Waals surface area contributed by atoms with Crippen LogP contribution in [0.15, 0.2) is 76.2 Å². The number of halogens is 1. The van der Waals surface area contributed by atoms with Crippen molar-refractivity contribution in [3.63, 3.8) is 0 Å². The zero-order valence-electron chi connectivity index (χ0n) is 16.2. The van der Waals surface area contributed by atoms with Crippen LogP contribution in [0.5, 0.6) is 5.75 Å². The van der Waals surface area contributed by atoms with Crippen molar-refractivity contribution in [1.82, 2.24) is 9.62 Å². The fourth-order valence-corrected chi connectivity index (χ4v) is 3.80. The molecule has 0 saturated heterocycles. The minimum Gasteiger partial charge on any atom is -0.490 e. The van der Waals surface area contributed by atoms with Gasteiger partial charge in [-0.25, -0.2) is 13.1 Å². The third kappa shape index (κ3) is 5.63. The first-order valence-corrected chi connectivity index (χ1v) is 11.0. The summed E-state index contributed by atoms with van der Waals surface area (Å²) in [5, 5.41) is 0.504. The fourth-order valence-electron chi connectivity index (χ4n) is 2.62. The van der Waals surface area contributed by atoms with E-state index in [1.54, 1.807) is 37.4 Å². The van der Waals surface area contributed by atoms with E-state index in [0.717, 1.165) is 0 Å². The van der Waals surface area contributed by atoms with E-state index in [1.165, 1.54) is 35.4 Å².